The molecule has 1 aliphatic rings. The lowest BCUT2D eigenvalue weighted by Gasteiger charge is -2.14. The van der Waals surface area contributed by atoms with Crippen molar-refractivity contribution in [1.82, 2.24) is 21.4 Å². The molecule has 41 heavy (non-hydrogen) atoms. The maximum atomic E-state index is 13.9. The van der Waals surface area contributed by atoms with Crippen molar-refractivity contribution in [2.75, 3.05) is 0 Å². The van der Waals surface area contributed by atoms with Crippen LogP contribution in [0.3, 0.4) is 0 Å². The second-order valence-corrected chi connectivity index (χ2v) is 12.9. The first-order chi connectivity index (χ1) is 20.1. The molecule has 0 radical (unpaired) electrons. The lowest BCUT2D eigenvalue weighted by molar-refractivity contribution is 0.860. The van der Waals surface area contributed by atoms with Gasteiger partial charge in [0.1, 0.15) is 20.1 Å². The van der Waals surface area contributed by atoms with Crippen molar-refractivity contribution in [3.8, 4) is 22.7 Å². The summed E-state index contributed by atoms with van der Waals surface area (Å²) in [5, 5.41) is 2.80. The van der Waals surface area contributed by atoms with E-state index in [9.17, 15) is 9.59 Å². The topological polar surface area (TPSA) is 57.1 Å². The van der Waals surface area contributed by atoms with E-state index in [-0.39, 0.29) is 11.4 Å². The monoisotopic (exact) mass is 611 g/mol. The molecule has 0 amide bonds. The molecule has 7 nitrogen and oxygen atoms in total. The molecule has 7 rings (SSSR count). The number of hydrogen-bond donors (Lipinski definition) is 1. The summed E-state index contributed by atoms with van der Waals surface area (Å²) in [5.41, 5.74) is 2.70. The first-order valence-corrected chi connectivity index (χ1v) is 15.4. The Labute approximate surface area is 253 Å². The summed E-state index contributed by atoms with van der Waals surface area (Å²) in [6, 6.07) is 38.3. The molecule has 0 aliphatic carbocycles. The van der Waals surface area contributed by atoms with E-state index in [1.807, 2.05) is 124 Å². The van der Waals surface area contributed by atoms with E-state index in [2.05, 4.69) is 0 Å². The fourth-order valence-electron chi connectivity index (χ4n) is 4.67. The summed E-state index contributed by atoms with van der Waals surface area (Å²) >= 11 is 9.17. The van der Waals surface area contributed by atoms with Gasteiger partial charge in [0, 0.05) is 35.8 Å². The van der Waals surface area contributed by atoms with Gasteiger partial charge >= 0.3 is 11.4 Å². The van der Waals surface area contributed by atoms with Crippen LogP contribution in [-0.4, -0.2) is 21.4 Å². The molecule has 6 aromatic rings. The standard InChI is InChI=1S/C30H21N5O2S4/c36-29-31(21-13-5-1-6-14-21)25(38)26(32(29)22-15-7-2-8-16-22)39-35-40-27-28(41-35)34(24-19-11-4-12-20-24)30(37)33(27)23-17-9-3-10-18-23/h1-20,38H. The van der Waals surface area contributed by atoms with Gasteiger partial charge in [0.2, 0.25) is 0 Å². The first kappa shape index (κ1) is 26.2. The third-order valence-corrected chi connectivity index (χ3v) is 10.6. The average Bonchev–Trinajstić information content (AvgIpc) is 3.61. The van der Waals surface area contributed by atoms with Gasteiger partial charge < -0.3 is 0 Å². The van der Waals surface area contributed by atoms with Crippen LogP contribution >= 0.6 is 48.5 Å². The van der Waals surface area contributed by atoms with Crippen molar-refractivity contribution in [1.29, 1.82) is 0 Å². The molecule has 0 saturated carbocycles. The van der Waals surface area contributed by atoms with Gasteiger partial charge in [-0.2, -0.15) is 0 Å². The maximum absolute atomic E-state index is 13.9. The number of rotatable bonds is 6. The van der Waals surface area contributed by atoms with Crippen LogP contribution < -0.4 is 11.4 Å². The van der Waals surface area contributed by atoms with E-state index in [4.69, 9.17) is 12.6 Å². The summed E-state index contributed by atoms with van der Waals surface area (Å²) in [4.78, 5) is 27.6. The molecule has 3 heterocycles. The molecule has 0 N–H and O–H groups in total. The van der Waals surface area contributed by atoms with E-state index >= 15 is 0 Å². The van der Waals surface area contributed by atoms with Crippen LogP contribution in [0.4, 0.5) is 0 Å². The van der Waals surface area contributed by atoms with E-state index < -0.39 is 0 Å². The minimum Gasteiger partial charge on any atom is -0.254 e. The molecule has 0 bridgehead atoms. The molecule has 0 fully saturated rings. The maximum Gasteiger partial charge on any atom is 0.339 e. The third kappa shape index (κ3) is 4.59. The van der Waals surface area contributed by atoms with Crippen LogP contribution in [0.15, 0.2) is 151 Å². The number of hydrogen-bond acceptors (Lipinski definition) is 7. The highest BCUT2D eigenvalue weighted by Gasteiger charge is 2.35. The fourth-order valence-corrected chi connectivity index (χ4v) is 8.77. The van der Waals surface area contributed by atoms with Crippen LogP contribution in [-0.2, 0) is 0 Å². The van der Waals surface area contributed by atoms with E-state index in [1.54, 1.807) is 18.3 Å². The number of para-hydroxylation sites is 4. The van der Waals surface area contributed by atoms with E-state index in [0.717, 1.165) is 32.8 Å². The van der Waals surface area contributed by atoms with Gasteiger partial charge in [0.05, 0.1) is 22.7 Å². The number of benzene rings is 4. The summed E-state index contributed by atoms with van der Waals surface area (Å²) in [5.74, 6) is 0. The molecule has 11 heteroatoms. The Kier molecular flexibility index (Phi) is 6.97. The summed E-state index contributed by atoms with van der Waals surface area (Å²) in [7, 11) is 0. The minimum atomic E-state index is -0.211. The molecule has 2 aromatic heterocycles. The summed E-state index contributed by atoms with van der Waals surface area (Å²) in [6.07, 6.45) is 0. The molecule has 1 aliphatic heterocycles. The predicted molar refractivity (Wildman–Crippen MR) is 169 cm³/mol. The molecule has 0 spiro atoms. The van der Waals surface area contributed by atoms with E-state index in [0.29, 0.717) is 10.1 Å². The summed E-state index contributed by atoms with van der Waals surface area (Å²) in [6.45, 7) is 0. The van der Waals surface area contributed by atoms with Crippen molar-refractivity contribution in [3.05, 3.63) is 142 Å². The van der Waals surface area contributed by atoms with Gasteiger partial charge in [0.25, 0.3) is 0 Å². The second-order valence-electron chi connectivity index (χ2n) is 8.99. The average molecular weight is 612 g/mol. The number of thiol groups is 1. The lowest BCUT2D eigenvalue weighted by Crippen LogP contribution is -2.23. The largest absolute Gasteiger partial charge is 0.339 e. The Morgan fingerprint density at radius 3 is 1.24 bits per heavy atom. The summed E-state index contributed by atoms with van der Waals surface area (Å²) < 4.78 is 8.77. The molecule has 4 aromatic carbocycles. The highest BCUT2D eigenvalue weighted by molar-refractivity contribution is 8.27. The molecular formula is C30H21N5O2S4. The Hall–Kier alpha value is -3.74. The molecule has 202 valence electrons. The van der Waals surface area contributed by atoms with Crippen molar-refractivity contribution in [2.24, 2.45) is 0 Å². The van der Waals surface area contributed by atoms with Crippen molar-refractivity contribution in [2.45, 2.75) is 20.1 Å². The lowest BCUT2D eigenvalue weighted by atomic mass is 10.3. The Morgan fingerprint density at radius 2 is 0.829 bits per heavy atom. The molecular weight excluding hydrogens is 591 g/mol. The molecule has 0 unspecified atom stereocenters. The van der Waals surface area contributed by atoms with E-state index in [1.165, 1.54) is 35.8 Å². The van der Waals surface area contributed by atoms with Crippen molar-refractivity contribution >= 4 is 48.5 Å². The zero-order chi connectivity index (χ0) is 27.9. The van der Waals surface area contributed by atoms with Crippen molar-refractivity contribution < 1.29 is 0 Å². The van der Waals surface area contributed by atoms with Crippen molar-refractivity contribution in [3.63, 3.8) is 0 Å². The van der Waals surface area contributed by atoms with Gasteiger partial charge in [-0.3, -0.25) is 18.3 Å². The van der Waals surface area contributed by atoms with Gasteiger partial charge in [0.15, 0.2) is 0 Å². The first-order valence-electron chi connectivity index (χ1n) is 12.6. The Morgan fingerprint density at radius 1 is 0.488 bits per heavy atom. The molecule has 0 atom stereocenters. The van der Waals surface area contributed by atoms with Gasteiger partial charge in [-0.1, -0.05) is 72.8 Å². The fraction of sp³-hybridized carbons (Fsp3) is 0. The minimum absolute atomic E-state index is 0.136. The van der Waals surface area contributed by atoms with Crippen LogP contribution in [0.25, 0.3) is 22.7 Å². The highest BCUT2D eigenvalue weighted by atomic mass is 32.3. The Balaban J connectivity index is 1.35. The predicted octanol–water partition coefficient (Wildman–Crippen LogP) is 6.90. The van der Waals surface area contributed by atoms with Crippen LogP contribution in [0, 0.1) is 0 Å². The van der Waals surface area contributed by atoms with Crippen LogP contribution in [0.5, 0.6) is 0 Å². The highest BCUT2D eigenvalue weighted by Crippen LogP contribution is 2.53. The number of imidazole rings is 2. The Bertz CT molecular complexity index is 1900. The normalized spacial score (nSPS) is 13.0. The quantitative estimate of drug-likeness (QED) is 0.163. The van der Waals surface area contributed by atoms with Crippen LogP contribution in [0.2, 0.25) is 0 Å². The zero-order valence-corrected chi connectivity index (χ0v) is 24.6. The number of nitrogens with zero attached hydrogens (tertiary/aromatic N) is 5. The smallest absolute Gasteiger partial charge is 0.254 e. The number of aromatic nitrogens is 4. The van der Waals surface area contributed by atoms with Gasteiger partial charge in [-0.25, -0.2) is 9.59 Å². The van der Waals surface area contributed by atoms with Gasteiger partial charge in [-0.05, 0) is 48.5 Å². The second kappa shape index (κ2) is 10.9. The SMILES string of the molecule is O=c1n(-c2ccccc2)c(S)c(SN2Sc3c(n(-c4ccccc4)c(=O)n3-c3ccccc3)S2)n1-c1ccccc1. The number of fused-ring (bicyclic) bond motifs is 1. The van der Waals surface area contributed by atoms with Gasteiger partial charge in [-0.15, -0.1) is 15.7 Å². The zero-order valence-electron chi connectivity index (χ0n) is 21.3. The third-order valence-electron chi connectivity index (χ3n) is 6.50. The van der Waals surface area contributed by atoms with Crippen LogP contribution in [0.1, 0.15) is 0 Å². The molecule has 0 saturated heterocycles.